The van der Waals surface area contributed by atoms with Gasteiger partial charge in [0.05, 0.1) is 6.33 Å². The Morgan fingerprint density at radius 2 is 1.45 bits per heavy atom. The van der Waals surface area contributed by atoms with Crippen LogP contribution in [0.25, 0.3) is 0 Å². The van der Waals surface area contributed by atoms with E-state index >= 15 is 0 Å². The number of imidazole rings is 1. The summed E-state index contributed by atoms with van der Waals surface area (Å²) in [6.45, 7) is 4.56. The first-order chi connectivity index (χ1) is 9.88. The van der Waals surface area contributed by atoms with Crippen LogP contribution in [0, 0.1) is 0 Å². The predicted molar refractivity (Wildman–Crippen MR) is 88.0 cm³/mol. The summed E-state index contributed by atoms with van der Waals surface area (Å²) in [5.74, 6) is 0. The number of aromatic nitrogens is 2. The quantitative estimate of drug-likeness (QED) is 0.396. The van der Waals surface area contributed by atoms with E-state index in [4.69, 9.17) is 0 Å². The van der Waals surface area contributed by atoms with Crippen molar-refractivity contribution in [3.63, 3.8) is 0 Å². The third kappa shape index (κ3) is 7.72. The molecule has 0 N–H and O–H groups in total. The molecule has 1 unspecified atom stereocenters. The van der Waals surface area contributed by atoms with E-state index in [0.29, 0.717) is 6.04 Å². The van der Waals surface area contributed by atoms with Gasteiger partial charge in [0.25, 0.3) is 0 Å². The van der Waals surface area contributed by atoms with Crippen molar-refractivity contribution >= 4 is 0 Å². The fourth-order valence-electron chi connectivity index (χ4n) is 2.95. The van der Waals surface area contributed by atoms with Gasteiger partial charge in [0, 0.05) is 18.4 Å². The van der Waals surface area contributed by atoms with E-state index in [1.54, 1.807) is 0 Å². The molecular formula is C18H34N2. The van der Waals surface area contributed by atoms with Gasteiger partial charge in [-0.25, -0.2) is 4.98 Å². The lowest BCUT2D eigenvalue weighted by Gasteiger charge is -2.17. The lowest BCUT2D eigenvalue weighted by molar-refractivity contribution is 0.407. The lowest BCUT2D eigenvalue weighted by atomic mass is 10.0. The molecule has 0 spiro atoms. The van der Waals surface area contributed by atoms with Crippen molar-refractivity contribution < 1.29 is 0 Å². The number of hydrogen-bond acceptors (Lipinski definition) is 1. The molecule has 0 saturated heterocycles. The molecule has 0 bridgehead atoms. The summed E-state index contributed by atoms with van der Waals surface area (Å²) >= 11 is 0. The van der Waals surface area contributed by atoms with Crippen molar-refractivity contribution in [2.45, 2.75) is 96.9 Å². The second-order valence-electron chi connectivity index (χ2n) is 6.07. The Morgan fingerprint density at radius 1 is 0.800 bits per heavy atom. The van der Waals surface area contributed by atoms with Crippen molar-refractivity contribution in [2.24, 2.45) is 0 Å². The molecule has 0 aromatic carbocycles. The molecule has 1 heterocycles. The highest BCUT2D eigenvalue weighted by Crippen LogP contribution is 2.21. The van der Waals surface area contributed by atoms with Crippen molar-refractivity contribution in [3.05, 3.63) is 18.7 Å². The smallest absolute Gasteiger partial charge is 0.0948 e. The molecule has 0 radical (unpaired) electrons. The Hall–Kier alpha value is -0.790. The van der Waals surface area contributed by atoms with E-state index in [9.17, 15) is 0 Å². The van der Waals surface area contributed by atoms with Gasteiger partial charge in [-0.2, -0.15) is 0 Å². The van der Waals surface area contributed by atoms with Crippen LogP contribution >= 0.6 is 0 Å². The maximum absolute atomic E-state index is 4.18. The second kappa shape index (κ2) is 12.0. The Morgan fingerprint density at radius 3 is 2.00 bits per heavy atom. The van der Waals surface area contributed by atoms with Crippen LogP contribution in [0.2, 0.25) is 0 Å². The number of unbranched alkanes of at least 4 members (excludes halogenated alkanes) is 8. The zero-order valence-corrected chi connectivity index (χ0v) is 13.7. The maximum atomic E-state index is 4.18. The molecule has 1 rings (SSSR count). The van der Waals surface area contributed by atoms with Crippen LogP contribution in [-0.4, -0.2) is 9.55 Å². The SMILES string of the molecule is CCCCCCCCCCCC(CCC)n1ccnc1. The van der Waals surface area contributed by atoms with Crippen LogP contribution in [-0.2, 0) is 0 Å². The minimum atomic E-state index is 0.673. The molecule has 20 heavy (non-hydrogen) atoms. The molecule has 0 aliphatic rings. The molecule has 1 atom stereocenters. The van der Waals surface area contributed by atoms with Crippen molar-refractivity contribution in [3.8, 4) is 0 Å². The van der Waals surface area contributed by atoms with Crippen molar-refractivity contribution in [1.29, 1.82) is 0 Å². The molecule has 2 nitrogen and oxygen atoms in total. The van der Waals surface area contributed by atoms with E-state index in [1.165, 1.54) is 77.0 Å². The summed E-state index contributed by atoms with van der Waals surface area (Å²) in [6, 6.07) is 0.673. The van der Waals surface area contributed by atoms with Gasteiger partial charge in [-0.05, 0) is 12.8 Å². The first kappa shape index (κ1) is 17.3. The largest absolute Gasteiger partial charge is 0.334 e. The molecule has 0 amide bonds. The van der Waals surface area contributed by atoms with Crippen LogP contribution < -0.4 is 0 Å². The Balaban J connectivity index is 2.01. The van der Waals surface area contributed by atoms with Crippen LogP contribution in [0.5, 0.6) is 0 Å². The van der Waals surface area contributed by atoms with Gasteiger partial charge in [0.1, 0.15) is 0 Å². The molecule has 0 aliphatic carbocycles. The van der Waals surface area contributed by atoms with E-state index in [-0.39, 0.29) is 0 Å². The number of rotatable bonds is 13. The van der Waals surface area contributed by atoms with Crippen LogP contribution in [0.3, 0.4) is 0 Å². The molecular weight excluding hydrogens is 244 g/mol. The van der Waals surface area contributed by atoms with Crippen LogP contribution in [0.1, 0.15) is 96.9 Å². The van der Waals surface area contributed by atoms with Crippen LogP contribution in [0.4, 0.5) is 0 Å². The normalized spacial score (nSPS) is 12.7. The average molecular weight is 278 g/mol. The van der Waals surface area contributed by atoms with E-state index in [0.717, 1.165) is 0 Å². The monoisotopic (exact) mass is 278 g/mol. The third-order valence-corrected chi connectivity index (χ3v) is 4.21. The standard InChI is InChI=1S/C18H34N2/c1-3-5-6-7-8-9-10-11-12-14-18(13-4-2)20-16-15-19-17-20/h15-18H,3-14H2,1-2H3. The molecule has 1 aromatic heterocycles. The van der Waals surface area contributed by atoms with Gasteiger partial charge in [0.15, 0.2) is 0 Å². The lowest BCUT2D eigenvalue weighted by Crippen LogP contribution is -2.06. The van der Waals surface area contributed by atoms with E-state index < -0.39 is 0 Å². The Bertz CT molecular complexity index is 292. The fourth-order valence-corrected chi connectivity index (χ4v) is 2.95. The summed E-state index contributed by atoms with van der Waals surface area (Å²) in [4.78, 5) is 4.18. The molecule has 0 saturated carbocycles. The topological polar surface area (TPSA) is 17.8 Å². The van der Waals surface area contributed by atoms with Crippen molar-refractivity contribution in [1.82, 2.24) is 9.55 Å². The third-order valence-electron chi connectivity index (χ3n) is 4.21. The highest BCUT2D eigenvalue weighted by Gasteiger charge is 2.08. The molecule has 116 valence electrons. The number of hydrogen-bond donors (Lipinski definition) is 0. The Kier molecular flexibility index (Phi) is 10.3. The predicted octanol–water partition coefficient (Wildman–Crippen LogP) is 6.15. The molecule has 0 aliphatic heterocycles. The van der Waals surface area contributed by atoms with Gasteiger partial charge in [-0.15, -0.1) is 0 Å². The zero-order valence-electron chi connectivity index (χ0n) is 13.7. The first-order valence-corrected chi connectivity index (χ1v) is 8.86. The molecule has 2 heteroatoms. The maximum Gasteiger partial charge on any atom is 0.0948 e. The van der Waals surface area contributed by atoms with Gasteiger partial charge >= 0.3 is 0 Å². The highest BCUT2D eigenvalue weighted by molar-refractivity contribution is 4.80. The summed E-state index contributed by atoms with van der Waals surface area (Å²) in [5, 5.41) is 0. The van der Waals surface area contributed by atoms with Gasteiger partial charge in [0.2, 0.25) is 0 Å². The van der Waals surface area contributed by atoms with Crippen LogP contribution in [0.15, 0.2) is 18.7 Å². The van der Waals surface area contributed by atoms with Gasteiger partial charge in [-0.1, -0.05) is 78.1 Å². The number of nitrogens with zero attached hydrogens (tertiary/aromatic N) is 2. The van der Waals surface area contributed by atoms with Gasteiger partial charge in [-0.3, -0.25) is 0 Å². The summed E-state index contributed by atoms with van der Waals surface area (Å²) in [6.07, 6.45) is 22.6. The molecule has 0 fully saturated rings. The average Bonchev–Trinajstić information content (AvgIpc) is 2.98. The van der Waals surface area contributed by atoms with Crippen molar-refractivity contribution in [2.75, 3.05) is 0 Å². The fraction of sp³-hybridized carbons (Fsp3) is 0.833. The molecule has 1 aromatic rings. The van der Waals surface area contributed by atoms with E-state index in [1.807, 2.05) is 12.5 Å². The summed E-state index contributed by atoms with van der Waals surface area (Å²) in [5.41, 5.74) is 0. The van der Waals surface area contributed by atoms with E-state index in [2.05, 4.69) is 29.6 Å². The highest BCUT2D eigenvalue weighted by atomic mass is 15.0. The first-order valence-electron chi connectivity index (χ1n) is 8.86. The second-order valence-corrected chi connectivity index (χ2v) is 6.07. The summed E-state index contributed by atoms with van der Waals surface area (Å²) < 4.78 is 2.30. The minimum absolute atomic E-state index is 0.673. The Labute approximate surface area is 126 Å². The van der Waals surface area contributed by atoms with Gasteiger partial charge < -0.3 is 4.57 Å². The minimum Gasteiger partial charge on any atom is -0.334 e. The zero-order chi connectivity index (χ0) is 14.5. The summed E-state index contributed by atoms with van der Waals surface area (Å²) in [7, 11) is 0.